The Balaban J connectivity index is 1.57. The van der Waals surface area contributed by atoms with Crippen molar-refractivity contribution in [3.8, 4) is 5.75 Å². The number of anilines is 1. The maximum atomic E-state index is 13.1. The summed E-state index contributed by atoms with van der Waals surface area (Å²) in [6.07, 6.45) is 1.61. The van der Waals surface area contributed by atoms with Crippen LogP contribution in [0.1, 0.15) is 25.3 Å². The fraction of sp³-hybridized carbons (Fsp3) is 0.292. The minimum absolute atomic E-state index is 0.183. The zero-order valence-electron chi connectivity index (χ0n) is 16.8. The zero-order valence-corrected chi connectivity index (χ0v) is 16.8. The molecule has 0 aliphatic carbocycles. The summed E-state index contributed by atoms with van der Waals surface area (Å²) >= 11 is 0. The van der Waals surface area contributed by atoms with Crippen molar-refractivity contribution in [3.63, 3.8) is 0 Å². The highest BCUT2D eigenvalue weighted by atomic mass is 16.5. The maximum absolute atomic E-state index is 13.1. The predicted molar refractivity (Wildman–Crippen MR) is 115 cm³/mol. The predicted octanol–water partition coefficient (Wildman–Crippen LogP) is 4.75. The van der Waals surface area contributed by atoms with Crippen molar-refractivity contribution in [1.82, 2.24) is 4.90 Å². The molecule has 2 amide bonds. The molecular formula is C24H26N2O3. The van der Waals surface area contributed by atoms with E-state index in [0.717, 1.165) is 40.6 Å². The van der Waals surface area contributed by atoms with E-state index in [1.807, 2.05) is 66.7 Å². The van der Waals surface area contributed by atoms with E-state index in [1.165, 1.54) is 0 Å². The van der Waals surface area contributed by atoms with Crippen LogP contribution < -0.4 is 10.1 Å². The molecule has 0 radical (unpaired) electrons. The molecule has 1 aliphatic heterocycles. The number of fused-ring (bicyclic) bond motifs is 1. The lowest BCUT2D eigenvalue weighted by atomic mass is 9.86. The lowest BCUT2D eigenvalue weighted by Crippen LogP contribution is -2.49. The molecular weight excluding hydrogens is 364 g/mol. The van der Waals surface area contributed by atoms with Crippen molar-refractivity contribution in [1.29, 1.82) is 0 Å². The van der Waals surface area contributed by atoms with Gasteiger partial charge in [0.15, 0.2) is 0 Å². The lowest BCUT2D eigenvalue weighted by Gasteiger charge is -2.37. The Morgan fingerprint density at radius 3 is 2.59 bits per heavy atom. The Hall–Kier alpha value is -3.05. The smallest absolute Gasteiger partial charge is 0.322 e. The summed E-state index contributed by atoms with van der Waals surface area (Å²) in [4.78, 5) is 14.9. The van der Waals surface area contributed by atoms with Crippen molar-refractivity contribution in [2.75, 3.05) is 19.0 Å². The molecule has 2 N–H and O–H groups in total. The van der Waals surface area contributed by atoms with Crippen LogP contribution in [0.15, 0.2) is 66.7 Å². The molecule has 0 unspecified atom stereocenters. The van der Waals surface area contributed by atoms with Gasteiger partial charge in [0.1, 0.15) is 11.4 Å². The summed E-state index contributed by atoms with van der Waals surface area (Å²) in [5, 5.41) is 16.5. The van der Waals surface area contributed by atoms with Gasteiger partial charge in [0.2, 0.25) is 0 Å². The van der Waals surface area contributed by atoms with Gasteiger partial charge in [-0.05, 0) is 48.9 Å². The van der Waals surface area contributed by atoms with Gasteiger partial charge in [-0.15, -0.1) is 0 Å². The van der Waals surface area contributed by atoms with E-state index in [9.17, 15) is 9.90 Å². The van der Waals surface area contributed by atoms with Gasteiger partial charge in [0, 0.05) is 11.9 Å². The number of ether oxygens (including phenoxy) is 1. The third-order valence-electron chi connectivity index (χ3n) is 5.87. The van der Waals surface area contributed by atoms with Gasteiger partial charge < -0.3 is 20.1 Å². The fourth-order valence-electron chi connectivity index (χ4n) is 4.24. The van der Waals surface area contributed by atoms with E-state index in [-0.39, 0.29) is 12.1 Å². The molecule has 0 aromatic heterocycles. The van der Waals surface area contributed by atoms with Gasteiger partial charge in [-0.1, -0.05) is 48.5 Å². The molecule has 1 heterocycles. The van der Waals surface area contributed by atoms with Gasteiger partial charge in [-0.3, -0.25) is 0 Å². The molecule has 0 bridgehead atoms. The summed E-state index contributed by atoms with van der Waals surface area (Å²) in [7, 11) is 1.61. The van der Waals surface area contributed by atoms with Crippen molar-refractivity contribution >= 4 is 22.5 Å². The molecule has 2 atom stereocenters. The number of hydrogen-bond donors (Lipinski definition) is 2. The Bertz CT molecular complexity index is 1010. The number of methoxy groups -OCH3 is 1. The molecule has 150 valence electrons. The van der Waals surface area contributed by atoms with Gasteiger partial charge in [-0.2, -0.15) is 0 Å². The highest BCUT2D eigenvalue weighted by Gasteiger charge is 2.42. The first-order valence-corrected chi connectivity index (χ1v) is 9.93. The summed E-state index contributed by atoms with van der Waals surface area (Å²) in [6.45, 7) is 2.40. The van der Waals surface area contributed by atoms with Gasteiger partial charge in [0.25, 0.3) is 0 Å². The number of carbonyl (C=O) groups is 1. The Kier molecular flexibility index (Phi) is 5.16. The van der Waals surface area contributed by atoms with Crippen molar-refractivity contribution in [3.05, 3.63) is 72.3 Å². The van der Waals surface area contributed by atoms with Crippen LogP contribution >= 0.6 is 0 Å². The molecule has 5 heteroatoms. The fourth-order valence-corrected chi connectivity index (χ4v) is 4.24. The van der Waals surface area contributed by atoms with Crippen molar-refractivity contribution in [2.24, 2.45) is 0 Å². The molecule has 5 nitrogen and oxygen atoms in total. The summed E-state index contributed by atoms with van der Waals surface area (Å²) in [5.41, 5.74) is 0.398. The second-order valence-electron chi connectivity index (χ2n) is 7.68. The number of nitrogens with one attached hydrogen (secondary N) is 1. The van der Waals surface area contributed by atoms with E-state index in [2.05, 4.69) is 5.32 Å². The van der Waals surface area contributed by atoms with E-state index in [4.69, 9.17) is 4.74 Å². The van der Waals surface area contributed by atoms with Gasteiger partial charge >= 0.3 is 6.03 Å². The summed E-state index contributed by atoms with van der Waals surface area (Å²) < 4.78 is 5.21. The highest BCUT2D eigenvalue weighted by Crippen LogP contribution is 2.36. The van der Waals surface area contributed by atoms with Gasteiger partial charge in [0.05, 0.1) is 18.8 Å². The Morgan fingerprint density at radius 2 is 1.83 bits per heavy atom. The van der Waals surface area contributed by atoms with Crippen molar-refractivity contribution < 1.29 is 14.6 Å². The highest BCUT2D eigenvalue weighted by molar-refractivity contribution is 6.01. The first-order chi connectivity index (χ1) is 14.0. The van der Waals surface area contributed by atoms with Gasteiger partial charge in [-0.25, -0.2) is 4.79 Å². The largest absolute Gasteiger partial charge is 0.497 e. The maximum Gasteiger partial charge on any atom is 0.322 e. The first-order valence-electron chi connectivity index (χ1n) is 9.93. The Morgan fingerprint density at radius 1 is 1.10 bits per heavy atom. The second-order valence-corrected chi connectivity index (χ2v) is 7.68. The molecule has 1 fully saturated rings. The number of carbonyl (C=O) groups excluding carboxylic acids is 1. The molecule has 0 spiro atoms. The van der Waals surface area contributed by atoms with Crippen LogP contribution in [0.2, 0.25) is 0 Å². The molecule has 29 heavy (non-hydrogen) atoms. The number of aliphatic hydroxyl groups is 1. The summed E-state index contributed by atoms with van der Waals surface area (Å²) in [5.74, 6) is 0.738. The van der Waals surface area contributed by atoms with Crippen LogP contribution in [0.3, 0.4) is 0 Å². The average Bonchev–Trinajstić information content (AvgIpc) is 3.25. The standard InChI is InChI=1S/C24H26N2O3/c1-24(28,18-12-14-19(29-2)15-13-18)22-11-6-16-26(22)23(27)25-21-10-5-8-17-7-3-4-9-20(17)21/h3-5,7-10,12-15,22,28H,6,11,16H2,1-2H3,(H,25,27)/t22-,24+/m0/s1. The van der Waals surface area contributed by atoms with E-state index < -0.39 is 5.60 Å². The van der Waals surface area contributed by atoms with E-state index >= 15 is 0 Å². The minimum atomic E-state index is -1.15. The first kappa shape index (κ1) is 19.3. The van der Waals surface area contributed by atoms with E-state index in [1.54, 1.807) is 18.9 Å². The van der Waals surface area contributed by atoms with Crippen LogP contribution in [0.25, 0.3) is 10.8 Å². The molecule has 1 aliphatic rings. The van der Waals surface area contributed by atoms with Crippen LogP contribution in [0.4, 0.5) is 10.5 Å². The van der Waals surface area contributed by atoms with Crippen molar-refractivity contribution in [2.45, 2.75) is 31.4 Å². The molecule has 3 aromatic carbocycles. The monoisotopic (exact) mass is 390 g/mol. The number of urea groups is 1. The topological polar surface area (TPSA) is 61.8 Å². The quantitative estimate of drug-likeness (QED) is 0.676. The lowest BCUT2D eigenvalue weighted by molar-refractivity contribution is -0.00943. The average molecular weight is 390 g/mol. The Labute approximate surface area is 170 Å². The third kappa shape index (κ3) is 3.66. The normalized spacial score (nSPS) is 18.4. The van der Waals surface area contributed by atoms with Crippen LogP contribution in [-0.4, -0.2) is 35.7 Å². The zero-order chi connectivity index (χ0) is 20.4. The van der Waals surface area contributed by atoms with Crippen LogP contribution in [0, 0.1) is 0 Å². The minimum Gasteiger partial charge on any atom is -0.497 e. The van der Waals surface area contributed by atoms with E-state index in [0.29, 0.717) is 6.54 Å². The third-order valence-corrected chi connectivity index (χ3v) is 5.87. The SMILES string of the molecule is COc1ccc([C@@](C)(O)[C@@H]2CCCN2C(=O)Nc2cccc3ccccc23)cc1. The number of amides is 2. The summed E-state index contributed by atoms with van der Waals surface area (Å²) in [6, 6.07) is 20.7. The van der Waals surface area contributed by atoms with Crippen LogP contribution in [-0.2, 0) is 5.60 Å². The molecule has 1 saturated heterocycles. The second kappa shape index (κ2) is 7.76. The molecule has 3 aromatic rings. The molecule has 4 rings (SSSR count). The number of benzene rings is 3. The molecule has 0 saturated carbocycles. The number of nitrogens with zero attached hydrogens (tertiary/aromatic N) is 1. The number of rotatable bonds is 4. The number of hydrogen-bond acceptors (Lipinski definition) is 3. The number of likely N-dealkylation sites (tertiary alicyclic amines) is 1. The van der Waals surface area contributed by atoms with Crippen LogP contribution in [0.5, 0.6) is 5.75 Å².